The molecule has 0 aromatic heterocycles. The molecule has 2 heterocycles. The zero-order valence-corrected chi connectivity index (χ0v) is 7.60. The van der Waals surface area contributed by atoms with Gasteiger partial charge in [0.2, 0.25) is 0 Å². The molecule has 1 aliphatic carbocycles. The minimum Gasteiger partial charge on any atom is -0.322 e. The third kappa shape index (κ3) is 0.800. The van der Waals surface area contributed by atoms with Crippen LogP contribution in [0.25, 0.3) is 0 Å². The van der Waals surface area contributed by atoms with Crippen molar-refractivity contribution >= 4 is 16.9 Å². The summed E-state index contributed by atoms with van der Waals surface area (Å²) < 4.78 is 0. The van der Waals surface area contributed by atoms with E-state index >= 15 is 0 Å². The van der Waals surface area contributed by atoms with Crippen molar-refractivity contribution in [3.8, 4) is 0 Å². The summed E-state index contributed by atoms with van der Waals surface area (Å²) >= 11 is 1.83. The van der Waals surface area contributed by atoms with Crippen molar-refractivity contribution in [1.82, 2.24) is 4.90 Å². The number of rotatable bonds is 0. The lowest BCUT2D eigenvalue weighted by Gasteiger charge is -2.17. The summed E-state index contributed by atoms with van der Waals surface area (Å²) in [5.41, 5.74) is 1.51. The second-order valence-electron chi connectivity index (χ2n) is 3.17. The minimum atomic E-state index is 0.989. The molecule has 0 fully saturated rings. The molecule has 0 spiro atoms. The van der Waals surface area contributed by atoms with Crippen LogP contribution in [0.1, 0.15) is 12.8 Å². The van der Waals surface area contributed by atoms with Crippen LogP contribution in [0.15, 0.2) is 27.7 Å². The average Bonchev–Trinajstić information content (AvgIpc) is 2.62. The van der Waals surface area contributed by atoms with E-state index in [2.05, 4.69) is 22.0 Å². The number of fused-ring (bicyclic) bond motifs is 2. The Morgan fingerprint density at radius 2 is 2.50 bits per heavy atom. The number of hydrogen-bond acceptors (Lipinski definition) is 3. The summed E-state index contributed by atoms with van der Waals surface area (Å²) in [5, 5.41) is 1.23. The molecule has 0 unspecified atom stereocenters. The van der Waals surface area contributed by atoms with Crippen LogP contribution >= 0.6 is 11.8 Å². The maximum Gasteiger partial charge on any atom is 0.168 e. The Balaban J connectivity index is 2.02. The molecule has 0 aromatic carbocycles. The van der Waals surface area contributed by atoms with E-state index in [1.54, 1.807) is 0 Å². The smallest absolute Gasteiger partial charge is 0.168 e. The van der Waals surface area contributed by atoms with Gasteiger partial charge >= 0.3 is 0 Å². The highest BCUT2D eigenvalue weighted by Crippen LogP contribution is 2.40. The molecule has 3 heteroatoms. The number of thioether (sulfide) groups is 1. The maximum absolute atomic E-state index is 4.45. The highest BCUT2D eigenvalue weighted by Gasteiger charge is 2.31. The molecule has 0 bridgehead atoms. The lowest BCUT2D eigenvalue weighted by Crippen LogP contribution is -2.21. The topological polar surface area (TPSA) is 15.6 Å². The van der Waals surface area contributed by atoms with Gasteiger partial charge in [-0.3, -0.25) is 4.99 Å². The molecule has 0 saturated heterocycles. The molecule has 3 rings (SSSR count). The van der Waals surface area contributed by atoms with Crippen molar-refractivity contribution in [3.05, 3.63) is 22.8 Å². The first kappa shape index (κ1) is 6.78. The van der Waals surface area contributed by atoms with Gasteiger partial charge in [0, 0.05) is 17.1 Å². The fourth-order valence-electron chi connectivity index (χ4n) is 1.85. The van der Waals surface area contributed by atoms with Crippen LogP contribution < -0.4 is 0 Å². The Morgan fingerprint density at radius 1 is 1.50 bits per heavy atom. The number of allylic oxidation sites excluding steroid dienone is 3. The second kappa shape index (κ2) is 2.39. The SMILES string of the molecule is C1=CC2=C(CC1)N1CCN=C1S2. The Labute approximate surface area is 76.0 Å². The fourth-order valence-corrected chi connectivity index (χ4v) is 3.01. The van der Waals surface area contributed by atoms with Gasteiger partial charge in [0.1, 0.15) is 0 Å². The molecule has 2 nitrogen and oxygen atoms in total. The molecular formula is C9H10N2S. The average molecular weight is 178 g/mol. The minimum absolute atomic E-state index is 0.989. The van der Waals surface area contributed by atoms with Crippen molar-refractivity contribution in [3.63, 3.8) is 0 Å². The van der Waals surface area contributed by atoms with Crippen LogP contribution in [0.5, 0.6) is 0 Å². The zero-order chi connectivity index (χ0) is 7.97. The van der Waals surface area contributed by atoms with Crippen LogP contribution in [0.3, 0.4) is 0 Å². The maximum atomic E-state index is 4.45. The van der Waals surface area contributed by atoms with E-state index in [1.807, 2.05) is 11.8 Å². The standard InChI is InChI=1S/C9H10N2S/c1-2-4-8-7(3-1)11-6-5-10-9(11)12-8/h2,4H,1,3,5-6H2. The predicted octanol–water partition coefficient (Wildman–Crippen LogP) is 1.97. The van der Waals surface area contributed by atoms with Crippen molar-refractivity contribution in [2.75, 3.05) is 13.1 Å². The molecule has 12 heavy (non-hydrogen) atoms. The quantitative estimate of drug-likeness (QED) is 0.563. The molecule has 0 radical (unpaired) electrons. The van der Waals surface area contributed by atoms with Gasteiger partial charge in [0.05, 0.1) is 6.54 Å². The van der Waals surface area contributed by atoms with Gasteiger partial charge in [-0.15, -0.1) is 0 Å². The van der Waals surface area contributed by atoms with Crippen LogP contribution in [0.4, 0.5) is 0 Å². The summed E-state index contributed by atoms with van der Waals surface area (Å²) in [7, 11) is 0. The van der Waals surface area contributed by atoms with Crippen LogP contribution in [-0.4, -0.2) is 23.2 Å². The summed E-state index contributed by atoms with van der Waals surface area (Å²) in [6.07, 6.45) is 6.90. The van der Waals surface area contributed by atoms with Gasteiger partial charge in [0.25, 0.3) is 0 Å². The van der Waals surface area contributed by atoms with Crippen molar-refractivity contribution in [2.24, 2.45) is 4.99 Å². The van der Waals surface area contributed by atoms with Gasteiger partial charge in [-0.2, -0.15) is 0 Å². The summed E-state index contributed by atoms with van der Waals surface area (Å²) in [5.74, 6) is 0. The normalized spacial score (nSPS) is 26.0. The third-order valence-electron chi connectivity index (χ3n) is 2.43. The lowest BCUT2D eigenvalue weighted by molar-refractivity contribution is 0.542. The Morgan fingerprint density at radius 3 is 3.50 bits per heavy atom. The molecule has 0 amide bonds. The molecule has 3 aliphatic rings. The largest absolute Gasteiger partial charge is 0.322 e. The number of nitrogens with zero attached hydrogens (tertiary/aromatic N) is 2. The highest BCUT2D eigenvalue weighted by molar-refractivity contribution is 8.17. The van der Waals surface area contributed by atoms with E-state index in [9.17, 15) is 0 Å². The number of amidine groups is 1. The van der Waals surface area contributed by atoms with E-state index < -0.39 is 0 Å². The Hall–Kier alpha value is -0.700. The van der Waals surface area contributed by atoms with Gasteiger partial charge in [-0.05, 0) is 12.8 Å². The van der Waals surface area contributed by atoms with Gasteiger partial charge in [0.15, 0.2) is 5.17 Å². The van der Waals surface area contributed by atoms with Crippen LogP contribution in [0, 0.1) is 0 Å². The summed E-state index contributed by atoms with van der Waals surface area (Å²) in [6, 6.07) is 0. The van der Waals surface area contributed by atoms with E-state index in [-0.39, 0.29) is 0 Å². The first-order valence-corrected chi connectivity index (χ1v) is 5.16. The second-order valence-corrected chi connectivity index (χ2v) is 4.18. The Kier molecular flexibility index (Phi) is 1.35. The van der Waals surface area contributed by atoms with E-state index in [0.29, 0.717) is 0 Å². The van der Waals surface area contributed by atoms with Gasteiger partial charge in [-0.25, -0.2) is 0 Å². The number of hydrogen-bond donors (Lipinski definition) is 0. The van der Waals surface area contributed by atoms with Crippen LogP contribution in [-0.2, 0) is 0 Å². The predicted molar refractivity (Wildman–Crippen MR) is 52.0 cm³/mol. The van der Waals surface area contributed by atoms with Crippen molar-refractivity contribution in [1.29, 1.82) is 0 Å². The van der Waals surface area contributed by atoms with Crippen LogP contribution in [0.2, 0.25) is 0 Å². The molecule has 0 N–H and O–H groups in total. The molecule has 0 aromatic rings. The van der Waals surface area contributed by atoms with E-state index in [1.165, 1.54) is 28.6 Å². The molecule has 0 saturated carbocycles. The van der Waals surface area contributed by atoms with E-state index in [4.69, 9.17) is 0 Å². The number of aliphatic imine (C=N–C) groups is 1. The lowest BCUT2D eigenvalue weighted by atomic mass is 10.1. The monoisotopic (exact) mass is 178 g/mol. The molecule has 62 valence electrons. The molecular weight excluding hydrogens is 168 g/mol. The first-order chi connectivity index (χ1) is 5.95. The first-order valence-electron chi connectivity index (χ1n) is 4.35. The molecule has 0 atom stereocenters. The zero-order valence-electron chi connectivity index (χ0n) is 6.79. The summed E-state index contributed by atoms with van der Waals surface area (Å²) in [6.45, 7) is 2.10. The van der Waals surface area contributed by atoms with Crippen molar-refractivity contribution < 1.29 is 0 Å². The van der Waals surface area contributed by atoms with Gasteiger partial charge in [-0.1, -0.05) is 23.9 Å². The summed E-state index contributed by atoms with van der Waals surface area (Å²) in [4.78, 5) is 8.26. The van der Waals surface area contributed by atoms with Gasteiger partial charge < -0.3 is 4.90 Å². The van der Waals surface area contributed by atoms with E-state index in [0.717, 1.165) is 13.1 Å². The third-order valence-corrected chi connectivity index (χ3v) is 3.55. The fraction of sp³-hybridized carbons (Fsp3) is 0.444. The van der Waals surface area contributed by atoms with Crippen molar-refractivity contribution in [2.45, 2.75) is 12.8 Å². The highest BCUT2D eigenvalue weighted by atomic mass is 32.2. The molecule has 2 aliphatic heterocycles. The Bertz CT molecular complexity index is 314.